The van der Waals surface area contributed by atoms with Crippen LogP contribution in [0.15, 0.2) is 90.4 Å². The zero-order valence-corrected chi connectivity index (χ0v) is 18.9. The van der Waals surface area contributed by atoms with Crippen molar-refractivity contribution in [3.8, 4) is 22.1 Å². The second kappa shape index (κ2) is 10.1. The Balaban J connectivity index is 1.42. The molecule has 0 unspecified atom stereocenters. The summed E-state index contributed by atoms with van der Waals surface area (Å²) in [7, 11) is 0. The van der Waals surface area contributed by atoms with Crippen LogP contribution in [0, 0.1) is 0 Å². The molecule has 4 aromatic rings. The minimum atomic E-state index is -0.142. The topological polar surface area (TPSA) is 54.5 Å². The fraction of sp³-hybridized carbons (Fsp3) is 0.154. The first-order valence-electron chi connectivity index (χ1n) is 10.5. The lowest BCUT2D eigenvalue weighted by Gasteiger charge is -2.27. The number of hydrogen-bond acceptors (Lipinski definition) is 4. The van der Waals surface area contributed by atoms with E-state index in [0.717, 1.165) is 27.6 Å². The molecule has 0 atom stereocenters. The highest BCUT2D eigenvalue weighted by Gasteiger charge is 2.18. The summed E-state index contributed by atoms with van der Waals surface area (Å²) in [6, 6.07) is 25.1. The monoisotopic (exact) mass is 443 g/mol. The fourth-order valence-electron chi connectivity index (χ4n) is 3.28. The van der Waals surface area contributed by atoms with Gasteiger partial charge in [-0.15, -0.1) is 11.3 Å². The molecule has 0 fully saturated rings. The standard InChI is InChI=1S/C26H25N3O2S/c1-19(2)29(18-20-7-6-8-21(17-20)25-27-15-16-32-25)26(30)28-22-11-13-24(14-12-22)31-23-9-4-3-5-10-23/h3-17,19H,18H2,1-2H3,(H,28,30). The van der Waals surface area contributed by atoms with E-state index in [9.17, 15) is 4.79 Å². The van der Waals surface area contributed by atoms with Crippen LogP contribution in [0.5, 0.6) is 11.5 Å². The first-order chi connectivity index (χ1) is 15.6. The van der Waals surface area contributed by atoms with Crippen molar-refractivity contribution in [2.45, 2.75) is 26.4 Å². The van der Waals surface area contributed by atoms with Crippen molar-refractivity contribution in [2.24, 2.45) is 0 Å². The molecule has 3 aromatic carbocycles. The van der Waals surface area contributed by atoms with E-state index in [4.69, 9.17) is 4.74 Å². The summed E-state index contributed by atoms with van der Waals surface area (Å²) in [5.74, 6) is 1.49. The van der Waals surface area contributed by atoms with Crippen molar-refractivity contribution < 1.29 is 9.53 Å². The zero-order valence-electron chi connectivity index (χ0n) is 18.1. The van der Waals surface area contributed by atoms with Crippen molar-refractivity contribution in [1.82, 2.24) is 9.88 Å². The highest BCUT2D eigenvalue weighted by molar-refractivity contribution is 7.13. The van der Waals surface area contributed by atoms with Crippen molar-refractivity contribution >= 4 is 23.1 Å². The van der Waals surface area contributed by atoms with Crippen molar-refractivity contribution in [3.05, 3.63) is 96.0 Å². The number of benzene rings is 3. The largest absolute Gasteiger partial charge is 0.457 e. The predicted molar refractivity (Wildman–Crippen MR) is 130 cm³/mol. The molecule has 0 bridgehead atoms. The van der Waals surface area contributed by atoms with E-state index in [1.807, 2.05) is 96.9 Å². The van der Waals surface area contributed by atoms with E-state index >= 15 is 0 Å². The fourth-order valence-corrected chi connectivity index (χ4v) is 3.92. The molecule has 1 N–H and O–H groups in total. The number of ether oxygens (including phenoxy) is 1. The summed E-state index contributed by atoms with van der Waals surface area (Å²) in [5, 5.41) is 5.94. The first-order valence-corrected chi connectivity index (χ1v) is 11.4. The van der Waals surface area contributed by atoms with Crippen molar-refractivity contribution in [1.29, 1.82) is 0 Å². The number of urea groups is 1. The molecule has 0 aliphatic heterocycles. The van der Waals surface area contributed by atoms with Gasteiger partial charge in [-0.25, -0.2) is 9.78 Å². The van der Waals surface area contributed by atoms with E-state index in [2.05, 4.69) is 16.4 Å². The van der Waals surface area contributed by atoms with Gasteiger partial charge in [-0.05, 0) is 61.9 Å². The van der Waals surface area contributed by atoms with Gasteiger partial charge < -0.3 is 15.0 Å². The van der Waals surface area contributed by atoms with Crippen LogP contribution in [0.25, 0.3) is 10.6 Å². The molecule has 6 heteroatoms. The van der Waals surface area contributed by atoms with E-state index in [1.54, 1.807) is 17.5 Å². The van der Waals surface area contributed by atoms with E-state index in [-0.39, 0.29) is 12.1 Å². The number of nitrogens with one attached hydrogen (secondary N) is 1. The number of nitrogens with zero attached hydrogens (tertiary/aromatic N) is 2. The average Bonchev–Trinajstić information content (AvgIpc) is 3.35. The van der Waals surface area contributed by atoms with Crippen LogP contribution in [0.2, 0.25) is 0 Å². The van der Waals surface area contributed by atoms with Gasteiger partial charge in [-0.1, -0.05) is 36.4 Å². The van der Waals surface area contributed by atoms with Gasteiger partial charge in [0.1, 0.15) is 16.5 Å². The second-order valence-corrected chi connectivity index (χ2v) is 8.52. The molecule has 162 valence electrons. The number of thiazole rings is 1. The number of carbonyl (C=O) groups excluding carboxylic acids is 1. The van der Waals surface area contributed by atoms with Gasteiger partial charge in [0, 0.05) is 35.4 Å². The Morgan fingerprint density at radius 2 is 1.75 bits per heavy atom. The summed E-state index contributed by atoms with van der Waals surface area (Å²) < 4.78 is 5.82. The van der Waals surface area contributed by atoms with E-state index in [0.29, 0.717) is 12.3 Å². The molecule has 5 nitrogen and oxygen atoms in total. The van der Waals surface area contributed by atoms with Crippen LogP contribution in [0.3, 0.4) is 0 Å². The third-order valence-electron chi connectivity index (χ3n) is 4.93. The molecule has 1 aromatic heterocycles. The third-order valence-corrected chi connectivity index (χ3v) is 5.75. The Morgan fingerprint density at radius 1 is 1.00 bits per heavy atom. The van der Waals surface area contributed by atoms with Gasteiger partial charge in [-0.3, -0.25) is 0 Å². The summed E-state index contributed by atoms with van der Waals surface area (Å²) in [4.78, 5) is 19.2. The zero-order chi connectivity index (χ0) is 22.3. The maximum atomic E-state index is 13.0. The molecule has 1 heterocycles. The lowest BCUT2D eigenvalue weighted by atomic mass is 10.1. The molecule has 0 spiro atoms. The minimum Gasteiger partial charge on any atom is -0.457 e. The minimum absolute atomic E-state index is 0.0409. The smallest absolute Gasteiger partial charge is 0.322 e. The van der Waals surface area contributed by atoms with Gasteiger partial charge >= 0.3 is 6.03 Å². The first kappa shape index (κ1) is 21.6. The van der Waals surface area contributed by atoms with E-state index < -0.39 is 0 Å². The van der Waals surface area contributed by atoms with Crippen LogP contribution in [0.4, 0.5) is 10.5 Å². The lowest BCUT2D eigenvalue weighted by Crippen LogP contribution is -2.39. The highest BCUT2D eigenvalue weighted by Crippen LogP contribution is 2.25. The van der Waals surface area contributed by atoms with Crippen molar-refractivity contribution in [3.63, 3.8) is 0 Å². The number of aromatic nitrogens is 1. The molecule has 0 aliphatic rings. The number of rotatable bonds is 7. The summed E-state index contributed by atoms with van der Waals surface area (Å²) in [6.07, 6.45) is 1.80. The molecule has 0 saturated carbocycles. The van der Waals surface area contributed by atoms with Gasteiger partial charge in [0.05, 0.1) is 0 Å². The molecular weight excluding hydrogens is 418 g/mol. The maximum absolute atomic E-state index is 13.0. The number of anilines is 1. The van der Waals surface area contributed by atoms with Gasteiger partial charge in [0.2, 0.25) is 0 Å². The molecule has 0 aliphatic carbocycles. The predicted octanol–water partition coefficient (Wildman–Crippen LogP) is 7.04. The van der Waals surface area contributed by atoms with Gasteiger partial charge in [-0.2, -0.15) is 0 Å². The molecular formula is C26H25N3O2S. The Kier molecular flexibility index (Phi) is 6.82. The third kappa shape index (κ3) is 5.53. The molecule has 4 rings (SSSR count). The summed E-state index contributed by atoms with van der Waals surface area (Å²) in [5.41, 5.74) is 2.85. The Bertz CT molecular complexity index is 1140. The SMILES string of the molecule is CC(C)N(Cc1cccc(-c2nccs2)c1)C(=O)Nc1ccc(Oc2ccccc2)cc1. The van der Waals surface area contributed by atoms with Crippen LogP contribution >= 0.6 is 11.3 Å². The number of hydrogen-bond donors (Lipinski definition) is 1. The van der Waals surface area contributed by atoms with Gasteiger partial charge in [0.15, 0.2) is 0 Å². The van der Waals surface area contributed by atoms with Crippen molar-refractivity contribution in [2.75, 3.05) is 5.32 Å². The van der Waals surface area contributed by atoms with E-state index in [1.165, 1.54) is 0 Å². The van der Waals surface area contributed by atoms with Crippen LogP contribution in [-0.2, 0) is 6.54 Å². The van der Waals surface area contributed by atoms with Gasteiger partial charge in [0.25, 0.3) is 0 Å². The maximum Gasteiger partial charge on any atom is 0.322 e. The quantitative estimate of drug-likeness (QED) is 0.333. The number of carbonyl (C=O) groups is 1. The normalized spacial score (nSPS) is 10.7. The molecule has 2 amide bonds. The molecule has 32 heavy (non-hydrogen) atoms. The second-order valence-electron chi connectivity index (χ2n) is 7.63. The Labute approximate surface area is 192 Å². The Morgan fingerprint density at radius 3 is 2.44 bits per heavy atom. The number of amides is 2. The summed E-state index contributed by atoms with van der Waals surface area (Å²) >= 11 is 1.61. The lowest BCUT2D eigenvalue weighted by molar-refractivity contribution is 0.193. The average molecular weight is 444 g/mol. The molecule has 0 saturated heterocycles. The van der Waals surface area contributed by atoms with Crippen LogP contribution in [0.1, 0.15) is 19.4 Å². The van der Waals surface area contributed by atoms with Crippen LogP contribution in [-0.4, -0.2) is 22.0 Å². The Hall–Kier alpha value is -3.64. The highest BCUT2D eigenvalue weighted by atomic mass is 32.1. The molecule has 0 radical (unpaired) electrons. The van der Waals surface area contributed by atoms with Crippen LogP contribution < -0.4 is 10.1 Å². The summed E-state index contributed by atoms with van der Waals surface area (Å²) in [6.45, 7) is 4.54. The number of para-hydroxylation sites is 1.